The Bertz CT molecular complexity index is 1020. The van der Waals surface area contributed by atoms with E-state index in [2.05, 4.69) is 4.72 Å². The standard InChI is InChI=1S/C17H13ClF3NO4S/c18-12-6-11(17(19,20)21)7-13(8-12)27(25,26)22-15-5-10(9-1-2-9)3-4-14(15)16(23)24/h3-9,22H,1-2H2,(H,23,24). The van der Waals surface area contributed by atoms with Crippen molar-refractivity contribution in [3.8, 4) is 0 Å². The second-order valence-electron chi connectivity index (χ2n) is 6.16. The highest BCUT2D eigenvalue weighted by Crippen LogP contribution is 2.41. The summed E-state index contributed by atoms with van der Waals surface area (Å²) in [5, 5.41) is 8.86. The van der Waals surface area contributed by atoms with Crippen molar-refractivity contribution in [1.29, 1.82) is 0 Å². The topological polar surface area (TPSA) is 83.5 Å². The normalized spacial score (nSPS) is 14.8. The molecule has 2 N–H and O–H groups in total. The first-order chi connectivity index (χ1) is 12.5. The molecule has 10 heteroatoms. The minimum atomic E-state index is -4.78. The van der Waals surface area contributed by atoms with E-state index in [0.29, 0.717) is 12.1 Å². The van der Waals surface area contributed by atoms with Crippen LogP contribution < -0.4 is 4.72 Å². The van der Waals surface area contributed by atoms with Crippen LogP contribution in [0.4, 0.5) is 18.9 Å². The van der Waals surface area contributed by atoms with Crippen LogP contribution in [0.1, 0.15) is 40.2 Å². The zero-order valence-electron chi connectivity index (χ0n) is 13.5. The molecule has 1 saturated carbocycles. The third-order valence-corrected chi connectivity index (χ3v) is 5.64. The van der Waals surface area contributed by atoms with Crippen LogP contribution in [-0.2, 0) is 16.2 Å². The Balaban J connectivity index is 2.03. The lowest BCUT2D eigenvalue weighted by atomic mass is 10.1. The van der Waals surface area contributed by atoms with E-state index in [4.69, 9.17) is 11.6 Å². The average Bonchev–Trinajstić information content (AvgIpc) is 3.37. The van der Waals surface area contributed by atoms with E-state index < -0.39 is 37.7 Å². The Hall–Kier alpha value is -2.26. The number of anilines is 1. The van der Waals surface area contributed by atoms with Crippen molar-refractivity contribution in [2.24, 2.45) is 0 Å². The molecule has 0 spiro atoms. The molecule has 0 heterocycles. The predicted molar refractivity (Wildman–Crippen MR) is 92.6 cm³/mol. The molecule has 0 amide bonds. The van der Waals surface area contributed by atoms with Gasteiger partial charge in [0.2, 0.25) is 0 Å². The van der Waals surface area contributed by atoms with Gasteiger partial charge in [-0.3, -0.25) is 4.72 Å². The van der Waals surface area contributed by atoms with Gasteiger partial charge in [-0.25, -0.2) is 13.2 Å². The average molecular weight is 420 g/mol. The lowest BCUT2D eigenvalue weighted by Gasteiger charge is -2.14. The maximum atomic E-state index is 12.9. The molecule has 0 aromatic heterocycles. The number of hydrogen-bond donors (Lipinski definition) is 2. The fraction of sp³-hybridized carbons (Fsp3) is 0.235. The third kappa shape index (κ3) is 4.36. The minimum absolute atomic E-state index is 0.208. The Labute approximate surface area is 157 Å². The Morgan fingerprint density at radius 1 is 1.15 bits per heavy atom. The van der Waals surface area contributed by atoms with E-state index in [0.717, 1.165) is 24.5 Å². The minimum Gasteiger partial charge on any atom is -0.478 e. The maximum Gasteiger partial charge on any atom is 0.416 e. The van der Waals surface area contributed by atoms with Crippen LogP contribution in [0, 0.1) is 0 Å². The summed E-state index contributed by atoms with van der Waals surface area (Å²) in [6.45, 7) is 0. The van der Waals surface area contributed by atoms with Crippen molar-refractivity contribution in [2.75, 3.05) is 4.72 Å². The maximum absolute atomic E-state index is 12.9. The summed E-state index contributed by atoms with van der Waals surface area (Å²) in [4.78, 5) is 10.7. The summed E-state index contributed by atoms with van der Waals surface area (Å²) >= 11 is 5.64. The van der Waals surface area contributed by atoms with E-state index in [1.165, 1.54) is 12.1 Å². The third-order valence-electron chi connectivity index (χ3n) is 4.08. The molecule has 27 heavy (non-hydrogen) atoms. The number of carbonyl (C=O) groups is 1. The zero-order valence-corrected chi connectivity index (χ0v) is 15.1. The molecule has 144 valence electrons. The van der Waals surface area contributed by atoms with E-state index in [9.17, 15) is 31.5 Å². The van der Waals surface area contributed by atoms with Gasteiger partial charge in [-0.05, 0) is 54.7 Å². The first-order valence-electron chi connectivity index (χ1n) is 7.75. The number of nitrogens with one attached hydrogen (secondary N) is 1. The van der Waals surface area contributed by atoms with Crippen LogP contribution in [0.2, 0.25) is 5.02 Å². The molecule has 2 aromatic rings. The monoisotopic (exact) mass is 419 g/mol. The zero-order chi connectivity index (χ0) is 20.0. The molecular formula is C17H13ClF3NO4S. The van der Waals surface area contributed by atoms with Crippen LogP contribution in [0.5, 0.6) is 0 Å². The molecule has 0 bridgehead atoms. The van der Waals surface area contributed by atoms with Crippen molar-refractivity contribution in [1.82, 2.24) is 0 Å². The molecule has 2 aromatic carbocycles. The smallest absolute Gasteiger partial charge is 0.416 e. The van der Waals surface area contributed by atoms with E-state index in [-0.39, 0.29) is 17.2 Å². The number of benzene rings is 2. The lowest BCUT2D eigenvalue weighted by molar-refractivity contribution is -0.137. The molecule has 3 rings (SSSR count). The van der Waals surface area contributed by atoms with Crippen LogP contribution >= 0.6 is 11.6 Å². The SMILES string of the molecule is O=C(O)c1ccc(C2CC2)cc1NS(=O)(=O)c1cc(Cl)cc(C(F)(F)F)c1. The second-order valence-corrected chi connectivity index (χ2v) is 8.28. The van der Waals surface area contributed by atoms with E-state index in [1.54, 1.807) is 6.07 Å². The lowest BCUT2D eigenvalue weighted by Crippen LogP contribution is -2.17. The predicted octanol–water partition coefficient (Wildman–Crippen LogP) is 4.74. The first-order valence-corrected chi connectivity index (χ1v) is 9.61. The van der Waals surface area contributed by atoms with Crippen LogP contribution in [0.3, 0.4) is 0 Å². The number of sulfonamides is 1. The summed E-state index contributed by atoms with van der Waals surface area (Å²) in [6.07, 6.45) is -2.98. The molecule has 1 aliphatic carbocycles. The fourth-order valence-electron chi connectivity index (χ4n) is 2.59. The molecule has 1 aliphatic rings. The molecule has 0 atom stereocenters. The van der Waals surface area contributed by atoms with Gasteiger partial charge < -0.3 is 5.11 Å². The number of hydrogen-bond acceptors (Lipinski definition) is 3. The summed E-state index contributed by atoms with van der Waals surface area (Å²) in [5.41, 5.74) is -0.971. The molecule has 1 fully saturated rings. The molecule has 0 unspecified atom stereocenters. The van der Waals surface area contributed by atoms with Gasteiger partial charge in [0, 0.05) is 5.02 Å². The summed E-state index contributed by atoms with van der Waals surface area (Å²) in [5.74, 6) is -1.14. The number of alkyl halides is 3. The van der Waals surface area contributed by atoms with Gasteiger partial charge in [0.25, 0.3) is 10.0 Å². The Morgan fingerprint density at radius 3 is 2.37 bits per heavy atom. The highest BCUT2D eigenvalue weighted by molar-refractivity contribution is 7.92. The van der Waals surface area contributed by atoms with Crippen molar-refractivity contribution >= 4 is 33.3 Å². The van der Waals surface area contributed by atoms with Gasteiger partial charge in [-0.2, -0.15) is 13.2 Å². The van der Waals surface area contributed by atoms with Gasteiger partial charge in [0.1, 0.15) is 0 Å². The molecule has 0 radical (unpaired) electrons. The largest absolute Gasteiger partial charge is 0.478 e. The van der Waals surface area contributed by atoms with Gasteiger partial charge in [0.15, 0.2) is 0 Å². The molecule has 0 saturated heterocycles. The van der Waals surface area contributed by atoms with Crippen molar-refractivity contribution in [2.45, 2.75) is 29.8 Å². The summed E-state index contributed by atoms with van der Waals surface area (Å²) in [7, 11) is -4.49. The number of carboxylic acids is 1. The van der Waals surface area contributed by atoms with Gasteiger partial charge in [0.05, 0.1) is 21.7 Å². The number of rotatable bonds is 5. The van der Waals surface area contributed by atoms with E-state index >= 15 is 0 Å². The van der Waals surface area contributed by atoms with Gasteiger partial charge in [-0.15, -0.1) is 0 Å². The molecule has 0 aliphatic heterocycles. The van der Waals surface area contributed by atoms with Gasteiger partial charge >= 0.3 is 12.1 Å². The van der Waals surface area contributed by atoms with Crippen LogP contribution in [0.25, 0.3) is 0 Å². The number of carboxylic acid groups (broad SMARTS) is 1. The Morgan fingerprint density at radius 2 is 1.81 bits per heavy atom. The molecule has 5 nitrogen and oxygen atoms in total. The van der Waals surface area contributed by atoms with Crippen LogP contribution in [0.15, 0.2) is 41.3 Å². The number of halogens is 4. The number of aromatic carboxylic acids is 1. The summed E-state index contributed by atoms with van der Waals surface area (Å²) in [6, 6.07) is 6.18. The van der Waals surface area contributed by atoms with Crippen molar-refractivity contribution in [3.63, 3.8) is 0 Å². The fourth-order valence-corrected chi connectivity index (χ4v) is 4.03. The molecular weight excluding hydrogens is 407 g/mol. The second kappa shape index (κ2) is 6.72. The summed E-state index contributed by atoms with van der Waals surface area (Å²) < 4.78 is 66.0. The van der Waals surface area contributed by atoms with Crippen molar-refractivity contribution in [3.05, 3.63) is 58.1 Å². The Kier molecular flexibility index (Phi) is 4.85. The first kappa shape index (κ1) is 19.5. The van der Waals surface area contributed by atoms with Gasteiger partial charge in [-0.1, -0.05) is 17.7 Å². The quantitative estimate of drug-likeness (QED) is 0.733. The highest BCUT2D eigenvalue weighted by atomic mass is 35.5. The van der Waals surface area contributed by atoms with Crippen molar-refractivity contribution < 1.29 is 31.5 Å². The van der Waals surface area contributed by atoms with E-state index in [1.807, 2.05) is 0 Å². The highest BCUT2D eigenvalue weighted by Gasteiger charge is 2.33. The van der Waals surface area contributed by atoms with Crippen LogP contribution in [-0.4, -0.2) is 19.5 Å².